The van der Waals surface area contributed by atoms with Gasteiger partial charge < -0.3 is 15.7 Å². The molecule has 0 saturated heterocycles. The molecular formula is C19H17F4N5. The van der Waals surface area contributed by atoms with Crippen molar-refractivity contribution in [2.75, 3.05) is 17.3 Å². The van der Waals surface area contributed by atoms with Crippen LogP contribution in [0.25, 0.3) is 21.9 Å². The molecule has 0 aliphatic carbocycles. The summed E-state index contributed by atoms with van der Waals surface area (Å²) < 4.78 is 56.5. The predicted octanol–water partition coefficient (Wildman–Crippen LogP) is 5.21. The normalized spacial score (nSPS) is 12.1. The maximum absolute atomic E-state index is 13.9. The Bertz CT molecular complexity index is 1170. The minimum Gasteiger partial charge on any atom is -0.357 e. The van der Waals surface area contributed by atoms with Gasteiger partial charge in [0.1, 0.15) is 11.6 Å². The smallest absolute Gasteiger partial charge is 0.270 e. The Morgan fingerprint density at radius 1 is 1.18 bits per heavy atom. The average molecular weight is 391 g/mol. The van der Waals surface area contributed by atoms with Gasteiger partial charge in [-0.25, -0.2) is 27.2 Å². The molecule has 5 nitrogen and oxygen atoms in total. The fourth-order valence-electron chi connectivity index (χ4n) is 3.13. The lowest BCUT2D eigenvalue weighted by molar-refractivity contribution is 0.0176. The summed E-state index contributed by atoms with van der Waals surface area (Å²) in [5.41, 5.74) is 4.45. The molecule has 0 radical (unpaired) electrons. The van der Waals surface area contributed by atoms with Crippen LogP contribution < -0.4 is 10.7 Å². The fourth-order valence-corrected chi connectivity index (χ4v) is 3.13. The molecule has 4 aromatic rings. The molecule has 0 amide bonds. The summed E-state index contributed by atoms with van der Waals surface area (Å²) in [4.78, 5) is 7.14. The van der Waals surface area contributed by atoms with E-state index < -0.39 is 17.6 Å². The molecule has 0 bridgehead atoms. The van der Waals surface area contributed by atoms with Crippen molar-refractivity contribution >= 4 is 33.6 Å². The van der Waals surface area contributed by atoms with Crippen LogP contribution in [-0.2, 0) is 5.92 Å². The van der Waals surface area contributed by atoms with Gasteiger partial charge in [0.2, 0.25) is 5.95 Å². The van der Waals surface area contributed by atoms with Crippen molar-refractivity contribution in [1.29, 1.82) is 0 Å². The zero-order valence-electron chi connectivity index (χ0n) is 15.1. The Morgan fingerprint density at radius 2 is 1.96 bits per heavy atom. The van der Waals surface area contributed by atoms with E-state index in [2.05, 4.69) is 20.7 Å². The number of anilines is 2. The molecule has 2 heterocycles. The molecule has 2 aromatic carbocycles. The predicted molar refractivity (Wildman–Crippen MR) is 101 cm³/mol. The van der Waals surface area contributed by atoms with Crippen LogP contribution in [-0.4, -0.2) is 21.2 Å². The summed E-state index contributed by atoms with van der Waals surface area (Å²) >= 11 is 0. The van der Waals surface area contributed by atoms with Crippen molar-refractivity contribution in [3.8, 4) is 0 Å². The van der Waals surface area contributed by atoms with Crippen molar-refractivity contribution in [1.82, 2.24) is 14.6 Å². The molecule has 0 saturated carbocycles. The Morgan fingerprint density at radius 3 is 2.68 bits per heavy atom. The van der Waals surface area contributed by atoms with Crippen LogP contribution in [0.4, 0.5) is 29.2 Å². The maximum Gasteiger partial charge on any atom is 0.270 e. The molecular weight excluding hydrogens is 374 g/mol. The summed E-state index contributed by atoms with van der Waals surface area (Å²) in [6.07, 6.45) is 1.49. The number of imidazole rings is 1. The third-order valence-corrected chi connectivity index (χ3v) is 4.43. The van der Waals surface area contributed by atoms with Crippen molar-refractivity contribution < 1.29 is 17.6 Å². The molecule has 9 heteroatoms. The van der Waals surface area contributed by atoms with Crippen LogP contribution in [0.5, 0.6) is 0 Å². The van der Waals surface area contributed by atoms with Gasteiger partial charge in [-0.05, 0) is 25.1 Å². The SMILES string of the molecule is CCNn1c(Nc2c[nH]c3c(F)cc(F)cc23)nc2cc(C(C)(F)F)ccc21. The molecule has 3 N–H and O–H groups in total. The average Bonchev–Trinajstić information content (AvgIpc) is 3.16. The standard InChI is InChI=1S/C19H17F4N5/c1-3-25-28-16-5-4-10(19(2,22)23)6-14(16)26-18(28)27-15-9-24-17-12(15)7-11(20)8-13(17)21/h4-9,24-25H,3H2,1-2H3,(H,26,27). The highest BCUT2D eigenvalue weighted by Crippen LogP contribution is 2.32. The first kappa shape index (κ1) is 18.1. The van der Waals surface area contributed by atoms with E-state index in [1.165, 1.54) is 24.4 Å². The lowest BCUT2D eigenvalue weighted by Gasteiger charge is -2.12. The van der Waals surface area contributed by atoms with Gasteiger partial charge in [0.05, 0.1) is 22.2 Å². The van der Waals surface area contributed by atoms with Crippen molar-refractivity contribution in [2.24, 2.45) is 0 Å². The molecule has 0 atom stereocenters. The van der Waals surface area contributed by atoms with Crippen LogP contribution in [0, 0.1) is 11.6 Å². The fraction of sp³-hybridized carbons (Fsp3) is 0.211. The second-order valence-corrected chi connectivity index (χ2v) is 6.51. The minimum absolute atomic E-state index is 0.149. The number of nitrogens with zero attached hydrogens (tertiary/aromatic N) is 2. The van der Waals surface area contributed by atoms with E-state index in [9.17, 15) is 17.6 Å². The highest BCUT2D eigenvalue weighted by molar-refractivity contribution is 5.94. The molecule has 0 aliphatic heterocycles. The zero-order chi connectivity index (χ0) is 20.1. The molecule has 0 spiro atoms. The number of halogens is 4. The second-order valence-electron chi connectivity index (χ2n) is 6.51. The number of hydrogen-bond donors (Lipinski definition) is 3. The highest BCUT2D eigenvalue weighted by Gasteiger charge is 2.25. The van der Waals surface area contributed by atoms with E-state index in [4.69, 9.17) is 0 Å². The summed E-state index contributed by atoms with van der Waals surface area (Å²) in [6, 6.07) is 6.22. The first-order valence-electron chi connectivity index (χ1n) is 8.65. The number of rotatable bonds is 5. The van der Waals surface area contributed by atoms with Crippen LogP contribution in [0.15, 0.2) is 36.5 Å². The van der Waals surface area contributed by atoms with Crippen LogP contribution >= 0.6 is 0 Å². The minimum atomic E-state index is -2.99. The molecule has 2 aromatic heterocycles. The first-order valence-corrected chi connectivity index (χ1v) is 8.65. The Kier molecular flexibility index (Phi) is 4.17. The Balaban J connectivity index is 1.83. The van der Waals surface area contributed by atoms with E-state index >= 15 is 0 Å². The van der Waals surface area contributed by atoms with E-state index in [-0.39, 0.29) is 11.1 Å². The van der Waals surface area contributed by atoms with Gasteiger partial charge in [-0.1, -0.05) is 6.07 Å². The molecule has 0 unspecified atom stereocenters. The third-order valence-electron chi connectivity index (χ3n) is 4.43. The summed E-state index contributed by atoms with van der Waals surface area (Å²) in [7, 11) is 0. The zero-order valence-corrected chi connectivity index (χ0v) is 15.1. The van der Waals surface area contributed by atoms with Gasteiger partial charge in [-0.2, -0.15) is 0 Å². The number of hydrogen-bond acceptors (Lipinski definition) is 3. The Labute approximate surface area is 157 Å². The quantitative estimate of drug-likeness (QED) is 0.409. The van der Waals surface area contributed by atoms with Gasteiger partial charge in [0, 0.05) is 36.7 Å². The van der Waals surface area contributed by atoms with Gasteiger partial charge in [0.15, 0.2) is 0 Å². The summed E-state index contributed by atoms with van der Waals surface area (Å²) in [6.45, 7) is 3.24. The number of alkyl halides is 2. The maximum atomic E-state index is 13.9. The monoisotopic (exact) mass is 391 g/mol. The van der Waals surface area contributed by atoms with E-state index in [0.29, 0.717) is 34.6 Å². The van der Waals surface area contributed by atoms with E-state index in [1.54, 1.807) is 10.7 Å². The van der Waals surface area contributed by atoms with Gasteiger partial charge in [0.25, 0.3) is 5.92 Å². The van der Waals surface area contributed by atoms with E-state index in [0.717, 1.165) is 13.0 Å². The first-order chi connectivity index (χ1) is 13.3. The largest absolute Gasteiger partial charge is 0.357 e. The lowest BCUT2D eigenvalue weighted by atomic mass is 10.1. The number of H-pyrrole nitrogens is 1. The van der Waals surface area contributed by atoms with Crippen molar-refractivity contribution in [3.63, 3.8) is 0 Å². The van der Waals surface area contributed by atoms with Crippen LogP contribution in [0.2, 0.25) is 0 Å². The molecule has 0 fully saturated rings. The topological polar surface area (TPSA) is 57.7 Å². The van der Waals surface area contributed by atoms with E-state index in [1.807, 2.05) is 6.92 Å². The third kappa shape index (κ3) is 3.02. The molecule has 4 rings (SSSR count). The highest BCUT2D eigenvalue weighted by atomic mass is 19.3. The molecule has 146 valence electrons. The van der Waals surface area contributed by atoms with Crippen molar-refractivity contribution in [3.05, 3.63) is 53.7 Å². The summed E-state index contributed by atoms with van der Waals surface area (Å²) in [5, 5.41) is 3.33. The molecule has 28 heavy (non-hydrogen) atoms. The number of benzene rings is 2. The molecule has 0 aliphatic rings. The van der Waals surface area contributed by atoms with Crippen molar-refractivity contribution in [2.45, 2.75) is 19.8 Å². The Hall–Kier alpha value is -3.23. The number of nitrogens with one attached hydrogen (secondary N) is 3. The van der Waals surface area contributed by atoms with Crippen LogP contribution in [0.1, 0.15) is 19.4 Å². The van der Waals surface area contributed by atoms with Crippen LogP contribution in [0.3, 0.4) is 0 Å². The van der Waals surface area contributed by atoms with Gasteiger partial charge in [-0.3, -0.25) is 0 Å². The number of aromatic amines is 1. The lowest BCUT2D eigenvalue weighted by Crippen LogP contribution is -2.16. The second kappa shape index (κ2) is 6.43. The van der Waals surface area contributed by atoms with Gasteiger partial charge >= 0.3 is 0 Å². The van der Waals surface area contributed by atoms with Gasteiger partial charge in [-0.15, -0.1) is 0 Å². The number of fused-ring (bicyclic) bond motifs is 2. The summed E-state index contributed by atoms with van der Waals surface area (Å²) in [5.74, 6) is -4.10. The number of aromatic nitrogens is 3.